The van der Waals surface area contributed by atoms with Gasteiger partial charge in [-0.3, -0.25) is 14.4 Å². The van der Waals surface area contributed by atoms with Crippen LogP contribution >= 0.6 is 0 Å². The molecule has 134 valence electrons. The molecule has 0 radical (unpaired) electrons. The van der Waals surface area contributed by atoms with Gasteiger partial charge in [0.15, 0.2) is 0 Å². The van der Waals surface area contributed by atoms with E-state index in [9.17, 15) is 14.4 Å². The van der Waals surface area contributed by atoms with Crippen molar-refractivity contribution in [1.82, 2.24) is 15.5 Å². The van der Waals surface area contributed by atoms with Crippen LogP contribution in [0.2, 0.25) is 0 Å². The Labute approximate surface area is 143 Å². The maximum atomic E-state index is 12.3. The Morgan fingerprint density at radius 3 is 2.42 bits per heavy atom. The number of hydrogen-bond donors (Lipinski definition) is 2. The molecular weight excluding hydrogens is 306 g/mol. The van der Waals surface area contributed by atoms with Gasteiger partial charge in [0.1, 0.15) is 0 Å². The van der Waals surface area contributed by atoms with Gasteiger partial charge in [-0.2, -0.15) is 0 Å². The summed E-state index contributed by atoms with van der Waals surface area (Å²) >= 11 is 0. The Morgan fingerprint density at radius 1 is 1.04 bits per heavy atom. The molecular formula is C18H29N3O3. The summed E-state index contributed by atoms with van der Waals surface area (Å²) < 4.78 is 0. The summed E-state index contributed by atoms with van der Waals surface area (Å²) in [7, 11) is 0. The summed E-state index contributed by atoms with van der Waals surface area (Å²) in [5.74, 6) is -0.216. The minimum Gasteiger partial charge on any atom is -0.355 e. The summed E-state index contributed by atoms with van der Waals surface area (Å²) in [4.78, 5) is 38.2. The third kappa shape index (κ3) is 4.28. The molecule has 1 aliphatic heterocycles. The van der Waals surface area contributed by atoms with Crippen molar-refractivity contribution >= 4 is 17.7 Å². The van der Waals surface area contributed by atoms with E-state index < -0.39 is 0 Å². The van der Waals surface area contributed by atoms with E-state index in [1.165, 1.54) is 25.7 Å². The van der Waals surface area contributed by atoms with Crippen LogP contribution in [0.4, 0.5) is 0 Å². The van der Waals surface area contributed by atoms with Crippen LogP contribution in [0.15, 0.2) is 0 Å². The van der Waals surface area contributed by atoms with E-state index in [-0.39, 0.29) is 23.6 Å². The van der Waals surface area contributed by atoms with E-state index in [2.05, 4.69) is 10.6 Å². The Bertz CT molecular complexity index is 482. The van der Waals surface area contributed by atoms with E-state index in [1.54, 1.807) is 0 Å². The number of hydrogen-bond acceptors (Lipinski definition) is 3. The minimum atomic E-state index is -0.254. The van der Waals surface area contributed by atoms with Crippen molar-refractivity contribution in [2.24, 2.45) is 5.92 Å². The highest BCUT2D eigenvalue weighted by Crippen LogP contribution is 2.29. The van der Waals surface area contributed by atoms with Gasteiger partial charge >= 0.3 is 0 Å². The fourth-order valence-corrected chi connectivity index (χ4v) is 4.29. The predicted molar refractivity (Wildman–Crippen MR) is 90.1 cm³/mol. The lowest BCUT2D eigenvalue weighted by molar-refractivity contribution is -0.130. The quantitative estimate of drug-likeness (QED) is 0.769. The molecule has 2 saturated carbocycles. The van der Waals surface area contributed by atoms with Crippen molar-refractivity contribution in [3.63, 3.8) is 0 Å². The molecule has 2 N–H and O–H groups in total. The topological polar surface area (TPSA) is 78.5 Å². The van der Waals surface area contributed by atoms with Crippen molar-refractivity contribution in [3.05, 3.63) is 0 Å². The van der Waals surface area contributed by atoms with Gasteiger partial charge in [-0.1, -0.05) is 25.7 Å². The van der Waals surface area contributed by atoms with Gasteiger partial charge in [0.25, 0.3) is 0 Å². The number of likely N-dealkylation sites (tertiary alicyclic amines) is 1. The molecule has 0 aromatic carbocycles. The van der Waals surface area contributed by atoms with Gasteiger partial charge < -0.3 is 15.5 Å². The van der Waals surface area contributed by atoms with Crippen LogP contribution in [0.25, 0.3) is 0 Å². The molecule has 0 aromatic heterocycles. The van der Waals surface area contributed by atoms with Crippen molar-refractivity contribution in [3.8, 4) is 0 Å². The van der Waals surface area contributed by atoms with E-state index in [0.29, 0.717) is 38.0 Å². The first-order valence-electron chi connectivity index (χ1n) is 9.50. The zero-order valence-corrected chi connectivity index (χ0v) is 14.4. The Balaban J connectivity index is 1.36. The van der Waals surface area contributed by atoms with E-state index in [4.69, 9.17) is 0 Å². The van der Waals surface area contributed by atoms with E-state index in [0.717, 1.165) is 25.7 Å². The number of nitrogens with one attached hydrogen (secondary N) is 2. The monoisotopic (exact) mass is 335 g/mol. The van der Waals surface area contributed by atoms with Crippen LogP contribution in [0.3, 0.4) is 0 Å². The average molecular weight is 335 g/mol. The second kappa shape index (κ2) is 7.99. The largest absolute Gasteiger partial charge is 0.355 e. The number of amides is 3. The molecule has 24 heavy (non-hydrogen) atoms. The maximum Gasteiger partial charge on any atom is 0.225 e. The lowest BCUT2D eigenvalue weighted by Gasteiger charge is -2.23. The number of rotatable bonds is 6. The van der Waals surface area contributed by atoms with Crippen molar-refractivity contribution in [2.75, 3.05) is 13.1 Å². The summed E-state index contributed by atoms with van der Waals surface area (Å²) in [6, 6.07) is 0.660. The molecule has 0 aromatic rings. The number of carbonyl (C=O) groups is 3. The third-order valence-electron chi connectivity index (χ3n) is 5.67. The van der Waals surface area contributed by atoms with Crippen LogP contribution in [0, 0.1) is 5.92 Å². The number of carbonyl (C=O) groups excluding carboxylic acids is 3. The molecule has 3 fully saturated rings. The van der Waals surface area contributed by atoms with Crippen LogP contribution in [-0.4, -0.2) is 47.8 Å². The zero-order chi connectivity index (χ0) is 16.9. The number of nitrogens with zero attached hydrogens (tertiary/aromatic N) is 1. The van der Waals surface area contributed by atoms with Crippen LogP contribution < -0.4 is 10.6 Å². The Hall–Kier alpha value is -1.59. The van der Waals surface area contributed by atoms with E-state index >= 15 is 0 Å². The second-order valence-corrected chi connectivity index (χ2v) is 7.48. The fraction of sp³-hybridized carbons (Fsp3) is 0.833. The molecule has 6 nitrogen and oxygen atoms in total. The second-order valence-electron chi connectivity index (χ2n) is 7.48. The molecule has 3 aliphatic rings. The summed E-state index contributed by atoms with van der Waals surface area (Å²) in [6.45, 7) is 0.898. The standard InChI is InChI=1S/C18H29N3O3/c22-16(20-14-5-1-2-6-14)9-10-19-18(24)13-11-17(23)21(12-13)15-7-3-4-8-15/h13-15H,1-12H2,(H,19,24)(H,20,22)/t13-/m0/s1. The molecule has 1 heterocycles. The van der Waals surface area contributed by atoms with Gasteiger partial charge in [0.2, 0.25) is 17.7 Å². The zero-order valence-electron chi connectivity index (χ0n) is 14.4. The molecule has 6 heteroatoms. The molecule has 1 saturated heterocycles. The predicted octanol–water partition coefficient (Wildman–Crippen LogP) is 1.34. The van der Waals surface area contributed by atoms with Gasteiger partial charge in [0, 0.05) is 38.0 Å². The minimum absolute atomic E-state index is 0.0114. The highest BCUT2D eigenvalue weighted by Gasteiger charge is 2.38. The fourth-order valence-electron chi connectivity index (χ4n) is 4.29. The van der Waals surface area contributed by atoms with Crippen LogP contribution in [-0.2, 0) is 14.4 Å². The third-order valence-corrected chi connectivity index (χ3v) is 5.67. The highest BCUT2D eigenvalue weighted by molar-refractivity contribution is 5.89. The molecule has 0 bridgehead atoms. The molecule has 0 spiro atoms. The Morgan fingerprint density at radius 2 is 1.71 bits per heavy atom. The first-order valence-corrected chi connectivity index (χ1v) is 9.50. The van der Waals surface area contributed by atoms with Crippen LogP contribution in [0.5, 0.6) is 0 Å². The van der Waals surface area contributed by atoms with Gasteiger partial charge in [-0.05, 0) is 25.7 Å². The summed E-state index contributed by atoms with van der Waals surface area (Å²) in [6.07, 6.45) is 9.65. The SMILES string of the molecule is O=C(CCNC(=O)[C@H]1CC(=O)N(C2CCCC2)C1)NC1CCCC1. The van der Waals surface area contributed by atoms with Crippen molar-refractivity contribution in [1.29, 1.82) is 0 Å². The highest BCUT2D eigenvalue weighted by atomic mass is 16.2. The van der Waals surface area contributed by atoms with Crippen molar-refractivity contribution < 1.29 is 14.4 Å². The molecule has 1 atom stereocenters. The lowest BCUT2D eigenvalue weighted by Crippen LogP contribution is -2.39. The first-order chi connectivity index (χ1) is 11.6. The van der Waals surface area contributed by atoms with Gasteiger partial charge in [0.05, 0.1) is 5.92 Å². The summed E-state index contributed by atoms with van der Waals surface area (Å²) in [5.41, 5.74) is 0. The van der Waals surface area contributed by atoms with Gasteiger partial charge in [-0.25, -0.2) is 0 Å². The maximum absolute atomic E-state index is 12.3. The smallest absolute Gasteiger partial charge is 0.225 e. The lowest BCUT2D eigenvalue weighted by atomic mass is 10.1. The molecule has 3 rings (SSSR count). The summed E-state index contributed by atoms with van der Waals surface area (Å²) in [5, 5.41) is 5.85. The van der Waals surface area contributed by atoms with Gasteiger partial charge in [-0.15, -0.1) is 0 Å². The van der Waals surface area contributed by atoms with Crippen molar-refractivity contribution in [2.45, 2.75) is 76.3 Å². The average Bonchev–Trinajstić information content (AvgIpc) is 3.27. The molecule has 2 aliphatic carbocycles. The molecule has 3 amide bonds. The molecule has 0 unspecified atom stereocenters. The van der Waals surface area contributed by atoms with E-state index in [1.807, 2.05) is 4.90 Å². The Kier molecular flexibility index (Phi) is 5.74. The normalized spacial score (nSPS) is 25.4. The first kappa shape index (κ1) is 17.2. The van der Waals surface area contributed by atoms with Crippen LogP contribution in [0.1, 0.15) is 64.2 Å².